The number of hydrogen-bond donors (Lipinski definition) is 2. The lowest BCUT2D eigenvalue weighted by Gasteiger charge is -2.39. The number of nitrogens with zero attached hydrogens (tertiary/aromatic N) is 3. The van der Waals surface area contributed by atoms with Crippen molar-refractivity contribution >= 4 is 5.96 Å². The molecule has 150 valence electrons. The van der Waals surface area contributed by atoms with Crippen LogP contribution >= 0.6 is 0 Å². The van der Waals surface area contributed by atoms with E-state index < -0.39 is 0 Å². The molecule has 0 aromatic carbocycles. The number of rotatable bonds is 5. The second-order valence-electron chi connectivity index (χ2n) is 8.60. The van der Waals surface area contributed by atoms with Crippen molar-refractivity contribution in [1.29, 1.82) is 0 Å². The third-order valence-corrected chi connectivity index (χ3v) is 6.42. The first-order chi connectivity index (χ1) is 12.6. The van der Waals surface area contributed by atoms with Crippen molar-refractivity contribution < 1.29 is 9.84 Å². The topological polar surface area (TPSA) is 60.3 Å². The van der Waals surface area contributed by atoms with E-state index in [9.17, 15) is 5.11 Å². The van der Waals surface area contributed by atoms with E-state index in [1.165, 1.54) is 19.4 Å². The molecule has 0 aromatic rings. The summed E-state index contributed by atoms with van der Waals surface area (Å²) < 4.78 is 5.51. The van der Waals surface area contributed by atoms with Gasteiger partial charge in [0.15, 0.2) is 5.96 Å². The van der Waals surface area contributed by atoms with E-state index in [0.717, 1.165) is 83.6 Å². The van der Waals surface area contributed by atoms with Crippen molar-refractivity contribution in [2.24, 2.45) is 16.3 Å². The van der Waals surface area contributed by atoms with Gasteiger partial charge in [-0.1, -0.05) is 19.8 Å². The second-order valence-corrected chi connectivity index (χ2v) is 8.60. The number of piperazine rings is 1. The summed E-state index contributed by atoms with van der Waals surface area (Å²) in [6, 6.07) is 0. The number of nitrogens with one attached hydrogen (secondary N) is 1. The lowest BCUT2D eigenvalue weighted by molar-refractivity contribution is 0.00697. The van der Waals surface area contributed by atoms with E-state index >= 15 is 0 Å². The lowest BCUT2D eigenvalue weighted by atomic mass is 9.73. The molecule has 6 nitrogen and oxygen atoms in total. The van der Waals surface area contributed by atoms with Crippen LogP contribution in [0, 0.1) is 11.3 Å². The molecule has 0 bridgehead atoms. The van der Waals surface area contributed by atoms with Gasteiger partial charge in [-0.3, -0.25) is 9.89 Å². The fourth-order valence-corrected chi connectivity index (χ4v) is 4.48. The maximum Gasteiger partial charge on any atom is 0.194 e. The average Bonchev–Trinajstić information content (AvgIpc) is 3.15. The molecule has 1 saturated carbocycles. The normalized spacial score (nSPS) is 34.3. The molecule has 3 fully saturated rings. The molecule has 6 heteroatoms. The van der Waals surface area contributed by atoms with Gasteiger partial charge in [-0.25, -0.2) is 0 Å². The first-order valence-corrected chi connectivity index (χ1v) is 10.6. The van der Waals surface area contributed by atoms with Crippen LogP contribution in [0.4, 0.5) is 0 Å². The number of aliphatic imine (C=N–C) groups is 1. The fraction of sp³-hybridized carbons (Fsp3) is 0.950. The number of hydrogen-bond acceptors (Lipinski definition) is 4. The standard InChI is InChI=1S/C20H38N4O2/c1-3-21-19(22-16-20(2)8-5-4-6-18(20)25)24-11-9-23(10-12-24)14-17-7-13-26-15-17/h17-18,25H,3-16H2,1-2H3,(H,21,22). The van der Waals surface area contributed by atoms with Crippen LogP contribution < -0.4 is 5.32 Å². The molecule has 2 saturated heterocycles. The molecule has 3 unspecified atom stereocenters. The summed E-state index contributed by atoms with van der Waals surface area (Å²) in [6.45, 7) is 13.2. The van der Waals surface area contributed by atoms with Crippen LogP contribution in [-0.2, 0) is 4.74 Å². The number of ether oxygens (including phenoxy) is 1. The zero-order valence-electron chi connectivity index (χ0n) is 16.8. The van der Waals surface area contributed by atoms with Gasteiger partial charge in [0.2, 0.25) is 0 Å². The molecule has 3 atom stereocenters. The van der Waals surface area contributed by atoms with Crippen LogP contribution in [0.5, 0.6) is 0 Å². The van der Waals surface area contributed by atoms with Crippen molar-refractivity contribution in [1.82, 2.24) is 15.1 Å². The SMILES string of the molecule is CCNC(=NCC1(C)CCCCC1O)N1CCN(CC2CCOC2)CC1. The van der Waals surface area contributed by atoms with Crippen LogP contribution in [0.1, 0.15) is 46.0 Å². The molecule has 1 aliphatic carbocycles. The smallest absolute Gasteiger partial charge is 0.194 e. The van der Waals surface area contributed by atoms with Crippen LogP contribution in [0.3, 0.4) is 0 Å². The van der Waals surface area contributed by atoms with Gasteiger partial charge < -0.3 is 20.1 Å². The van der Waals surface area contributed by atoms with E-state index in [1.807, 2.05) is 0 Å². The van der Waals surface area contributed by atoms with Crippen molar-refractivity contribution in [2.75, 3.05) is 59.0 Å². The molecular formula is C20H38N4O2. The molecule has 2 heterocycles. The molecule has 0 aromatic heterocycles. The Morgan fingerprint density at radius 1 is 1.23 bits per heavy atom. The second kappa shape index (κ2) is 9.38. The first kappa shape index (κ1) is 19.9. The van der Waals surface area contributed by atoms with Gasteiger partial charge in [0.1, 0.15) is 0 Å². The van der Waals surface area contributed by atoms with Gasteiger partial charge in [-0.15, -0.1) is 0 Å². The number of aliphatic hydroxyl groups is 1. The highest BCUT2D eigenvalue weighted by Crippen LogP contribution is 2.36. The Labute approximate surface area is 159 Å². The van der Waals surface area contributed by atoms with Crippen molar-refractivity contribution in [3.63, 3.8) is 0 Å². The highest BCUT2D eigenvalue weighted by molar-refractivity contribution is 5.80. The number of guanidine groups is 1. The van der Waals surface area contributed by atoms with Gasteiger partial charge >= 0.3 is 0 Å². The monoisotopic (exact) mass is 366 g/mol. The Kier molecular flexibility index (Phi) is 7.18. The molecule has 26 heavy (non-hydrogen) atoms. The highest BCUT2D eigenvalue weighted by Gasteiger charge is 2.35. The van der Waals surface area contributed by atoms with E-state index in [1.54, 1.807) is 0 Å². The molecule has 3 rings (SSSR count). The Bertz CT molecular complexity index is 459. The van der Waals surface area contributed by atoms with Crippen molar-refractivity contribution in [2.45, 2.75) is 52.1 Å². The summed E-state index contributed by atoms with van der Waals surface area (Å²) in [6.07, 6.45) is 5.36. The van der Waals surface area contributed by atoms with E-state index in [4.69, 9.17) is 9.73 Å². The Morgan fingerprint density at radius 3 is 2.69 bits per heavy atom. The summed E-state index contributed by atoms with van der Waals surface area (Å²) in [4.78, 5) is 9.91. The summed E-state index contributed by atoms with van der Waals surface area (Å²) in [7, 11) is 0. The third-order valence-electron chi connectivity index (χ3n) is 6.42. The van der Waals surface area contributed by atoms with E-state index in [-0.39, 0.29) is 11.5 Å². The minimum atomic E-state index is -0.214. The summed E-state index contributed by atoms with van der Waals surface area (Å²) in [5.74, 6) is 1.74. The minimum Gasteiger partial charge on any atom is -0.392 e. The quantitative estimate of drug-likeness (QED) is 0.571. The van der Waals surface area contributed by atoms with Gasteiger partial charge in [-0.05, 0) is 32.1 Å². The lowest BCUT2D eigenvalue weighted by Crippen LogP contribution is -2.53. The first-order valence-electron chi connectivity index (χ1n) is 10.6. The molecule has 2 N–H and O–H groups in total. The van der Waals surface area contributed by atoms with Gasteiger partial charge in [0, 0.05) is 51.3 Å². The zero-order valence-corrected chi connectivity index (χ0v) is 16.8. The van der Waals surface area contributed by atoms with E-state index in [2.05, 4.69) is 29.0 Å². The average molecular weight is 367 g/mol. The molecule has 0 spiro atoms. The predicted molar refractivity (Wildman–Crippen MR) is 105 cm³/mol. The van der Waals surface area contributed by atoms with Crippen molar-refractivity contribution in [3.8, 4) is 0 Å². The van der Waals surface area contributed by atoms with Crippen LogP contribution in [0.25, 0.3) is 0 Å². The van der Waals surface area contributed by atoms with E-state index in [0.29, 0.717) is 0 Å². The predicted octanol–water partition coefficient (Wildman–Crippen LogP) is 1.55. The van der Waals surface area contributed by atoms with Gasteiger partial charge in [-0.2, -0.15) is 0 Å². The molecule has 3 aliphatic rings. The van der Waals surface area contributed by atoms with Crippen LogP contribution in [-0.4, -0.2) is 86.0 Å². The third kappa shape index (κ3) is 5.11. The Balaban J connectivity index is 1.52. The number of aliphatic hydroxyl groups excluding tert-OH is 1. The van der Waals surface area contributed by atoms with Crippen LogP contribution in [0.2, 0.25) is 0 Å². The highest BCUT2D eigenvalue weighted by atomic mass is 16.5. The summed E-state index contributed by atoms with van der Waals surface area (Å²) in [5, 5.41) is 13.9. The summed E-state index contributed by atoms with van der Waals surface area (Å²) in [5.41, 5.74) is -0.0663. The Morgan fingerprint density at radius 2 is 2.04 bits per heavy atom. The van der Waals surface area contributed by atoms with Gasteiger partial charge in [0.25, 0.3) is 0 Å². The molecule has 0 amide bonds. The van der Waals surface area contributed by atoms with Gasteiger partial charge in [0.05, 0.1) is 19.3 Å². The maximum absolute atomic E-state index is 10.4. The molecule has 2 aliphatic heterocycles. The summed E-state index contributed by atoms with van der Waals surface area (Å²) >= 11 is 0. The Hall–Kier alpha value is -0.850. The minimum absolute atomic E-state index is 0.0663. The maximum atomic E-state index is 10.4. The molecule has 0 radical (unpaired) electrons. The molecular weight excluding hydrogens is 328 g/mol. The van der Waals surface area contributed by atoms with Crippen LogP contribution in [0.15, 0.2) is 4.99 Å². The largest absolute Gasteiger partial charge is 0.392 e. The zero-order chi connectivity index (χ0) is 18.4. The fourth-order valence-electron chi connectivity index (χ4n) is 4.48. The van der Waals surface area contributed by atoms with Crippen molar-refractivity contribution in [3.05, 3.63) is 0 Å².